The van der Waals surface area contributed by atoms with Crippen molar-refractivity contribution >= 4 is 28.4 Å². The molecule has 5 heteroatoms. The van der Waals surface area contributed by atoms with Crippen LogP contribution in [0.5, 0.6) is 5.75 Å². The summed E-state index contributed by atoms with van der Waals surface area (Å²) in [6, 6.07) is 7.48. The molecule has 0 saturated heterocycles. The molecule has 1 aromatic rings. The minimum Gasteiger partial charge on any atom is -0.579 e. The van der Waals surface area contributed by atoms with Crippen LogP contribution in [0.4, 0.5) is 5.69 Å². The highest BCUT2D eigenvalue weighted by Gasteiger charge is 2.11. The van der Waals surface area contributed by atoms with Gasteiger partial charge in [-0.25, -0.2) is 0 Å². The molecule has 0 fully saturated rings. The van der Waals surface area contributed by atoms with Gasteiger partial charge in [0.2, 0.25) is 0 Å². The van der Waals surface area contributed by atoms with Gasteiger partial charge < -0.3 is 15.3 Å². The Morgan fingerprint density at radius 1 is 1.10 bits per heavy atom. The van der Waals surface area contributed by atoms with Crippen LogP contribution in [0.3, 0.4) is 0 Å². The standard InChI is InChI=1S/C16H18N2O2.BrH/c1-18(2,3)14-5-4-6-15(11-14)20-16(19)12-7-9-13(17)10-8-12;/h4-11H,1-3H3,(H-,17,19);1H. The summed E-state index contributed by atoms with van der Waals surface area (Å²) in [6.07, 6.45) is 6.32. The Bertz CT molecular complexity index is 607. The smallest absolute Gasteiger partial charge is 0.133 e. The van der Waals surface area contributed by atoms with Crippen LogP contribution in [0, 0.1) is 5.41 Å². The summed E-state index contributed by atoms with van der Waals surface area (Å²) >= 11 is 0. The molecule has 0 unspecified atom stereocenters. The average molecular weight is 351 g/mol. The largest absolute Gasteiger partial charge is 0.579 e. The number of hydrogen-bond acceptors (Lipinski definition) is 3. The lowest BCUT2D eigenvalue weighted by Crippen LogP contribution is -2.34. The van der Waals surface area contributed by atoms with Gasteiger partial charge in [-0.15, -0.1) is 17.0 Å². The second-order valence-corrected chi connectivity index (χ2v) is 5.48. The Morgan fingerprint density at radius 3 is 2.29 bits per heavy atom. The van der Waals surface area contributed by atoms with Gasteiger partial charge in [0.05, 0.1) is 32.8 Å². The molecule has 1 aromatic carbocycles. The summed E-state index contributed by atoms with van der Waals surface area (Å²) in [6.45, 7) is 0. The van der Waals surface area contributed by atoms with Crippen LogP contribution < -0.4 is 14.3 Å². The molecule has 0 bridgehead atoms. The van der Waals surface area contributed by atoms with Gasteiger partial charge in [-0.3, -0.25) is 4.48 Å². The zero-order chi connectivity index (χ0) is 14.8. The van der Waals surface area contributed by atoms with Crippen LogP contribution in [0.15, 0.2) is 60.1 Å². The first-order valence-corrected chi connectivity index (χ1v) is 6.32. The number of ether oxygens (including phenoxy) is 1. The molecule has 0 aromatic heterocycles. The first-order valence-electron chi connectivity index (χ1n) is 6.32. The third-order valence-electron chi connectivity index (χ3n) is 2.92. The fourth-order valence-electron chi connectivity index (χ4n) is 1.74. The highest BCUT2D eigenvalue weighted by Crippen LogP contribution is 2.24. The Labute approximate surface area is 135 Å². The molecule has 0 heterocycles. The number of halogens is 1. The monoisotopic (exact) mass is 350 g/mol. The number of hydrogen-bond donors (Lipinski definition) is 1. The van der Waals surface area contributed by atoms with Gasteiger partial charge >= 0.3 is 0 Å². The van der Waals surface area contributed by atoms with E-state index in [0.717, 1.165) is 5.69 Å². The fourth-order valence-corrected chi connectivity index (χ4v) is 1.74. The van der Waals surface area contributed by atoms with E-state index in [1.807, 2.05) is 39.3 Å². The second-order valence-electron chi connectivity index (χ2n) is 5.48. The molecule has 0 amide bonds. The van der Waals surface area contributed by atoms with Crippen molar-refractivity contribution in [3.63, 3.8) is 0 Å². The molecule has 1 aliphatic carbocycles. The van der Waals surface area contributed by atoms with Gasteiger partial charge in [-0.1, -0.05) is 18.2 Å². The van der Waals surface area contributed by atoms with E-state index >= 15 is 0 Å². The molecule has 0 atom stereocenters. The number of quaternary nitrogens is 1. The number of rotatable bonds is 3. The van der Waals surface area contributed by atoms with Gasteiger partial charge in [0.25, 0.3) is 0 Å². The highest BCUT2D eigenvalue weighted by atomic mass is 79.9. The van der Waals surface area contributed by atoms with Crippen molar-refractivity contribution in [2.24, 2.45) is 0 Å². The maximum Gasteiger partial charge on any atom is 0.133 e. The minimum atomic E-state index is -0.413. The number of allylic oxidation sites excluding steroid dienone is 5. The van der Waals surface area contributed by atoms with Gasteiger partial charge in [-0.05, 0) is 29.9 Å². The van der Waals surface area contributed by atoms with Crippen LogP contribution >= 0.6 is 17.0 Å². The van der Waals surface area contributed by atoms with E-state index in [0.29, 0.717) is 21.5 Å². The quantitative estimate of drug-likeness (QED) is 0.672. The first-order chi connectivity index (χ1) is 9.36. The van der Waals surface area contributed by atoms with E-state index in [-0.39, 0.29) is 17.0 Å². The maximum atomic E-state index is 12.0. The molecule has 112 valence electrons. The number of nitrogens with one attached hydrogen (secondary N) is 1. The van der Waals surface area contributed by atoms with Gasteiger partial charge in [0.15, 0.2) is 0 Å². The van der Waals surface area contributed by atoms with E-state index < -0.39 is 5.95 Å². The molecule has 0 aliphatic heterocycles. The van der Waals surface area contributed by atoms with Crippen LogP contribution in [0.2, 0.25) is 0 Å². The zero-order valence-electron chi connectivity index (χ0n) is 12.3. The van der Waals surface area contributed by atoms with Gasteiger partial charge in [0, 0.05) is 11.8 Å². The summed E-state index contributed by atoms with van der Waals surface area (Å²) in [4.78, 5) is 0. The molecule has 0 radical (unpaired) electrons. The van der Waals surface area contributed by atoms with Gasteiger partial charge in [0.1, 0.15) is 5.69 Å². The van der Waals surface area contributed by atoms with Crippen molar-refractivity contribution < 1.29 is 9.84 Å². The van der Waals surface area contributed by atoms with E-state index in [4.69, 9.17) is 10.1 Å². The maximum absolute atomic E-state index is 12.0. The molecule has 21 heavy (non-hydrogen) atoms. The third-order valence-corrected chi connectivity index (χ3v) is 2.92. The highest BCUT2D eigenvalue weighted by molar-refractivity contribution is 8.93. The van der Waals surface area contributed by atoms with Crippen molar-refractivity contribution in [1.82, 2.24) is 4.48 Å². The first kappa shape index (κ1) is 17.2. The lowest BCUT2D eigenvalue weighted by molar-refractivity contribution is -0.343. The molecule has 0 saturated carbocycles. The molecular formula is C16H19BrN2O2. The molecule has 0 spiro atoms. The van der Waals surface area contributed by atoms with Crippen molar-refractivity contribution in [2.45, 2.75) is 0 Å². The minimum absolute atomic E-state index is 0. The second kappa shape index (κ2) is 6.74. The summed E-state index contributed by atoms with van der Waals surface area (Å²) in [5, 5.41) is 19.4. The molecule has 2 rings (SSSR count). The topological polar surface area (TPSA) is 56.1 Å². The summed E-state index contributed by atoms with van der Waals surface area (Å²) < 4.78 is 6.02. The van der Waals surface area contributed by atoms with Crippen molar-refractivity contribution in [3.8, 4) is 5.75 Å². The summed E-state index contributed by atoms with van der Waals surface area (Å²) in [5.74, 6) is 0.110. The Hall–Kier alpha value is -1.85. The van der Waals surface area contributed by atoms with Crippen molar-refractivity contribution in [2.75, 3.05) is 21.1 Å². The molecule has 1 aliphatic rings. The van der Waals surface area contributed by atoms with E-state index in [9.17, 15) is 5.11 Å². The Kier molecular flexibility index (Phi) is 5.52. The number of nitrogens with zero attached hydrogens (tertiary/aromatic N) is 1. The predicted octanol–water partition coefficient (Wildman–Crippen LogP) is 2.56. The molecule has 1 N–H and O–H groups in total. The lowest BCUT2D eigenvalue weighted by Gasteiger charge is -2.25. The SMILES string of the molecule is Br.C[N+](C)(C)c1cccc(OC([O-])=C2C=CC(=N)C=C2)c1. The van der Waals surface area contributed by atoms with Crippen LogP contribution in [0.1, 0.15) is 0 Å². The summed E-state index contributed by atoms with van der Waals surface area (Å²) in [5.41, 5.74) is 1.86. The average Bonchev–Trinajstić information content (AvgIpc) is 2.38. The zero-order valence-corrected chi connectivity index (χ0v) is 14.0. The predicted molar refractivity (Wildman–Crippen MR) is 90.0 cm³/mol. The van der Waals surface area contributed by atoms with Crippen LogP contribution in [-0.2, 0) is 0 Å². The third kappa shape index (κ3) is 4.58. The number of benzene rings is 1. The Morgan fingerprint density at radius 2 is 1.71 bits per heavy atom. The van der Waals surface area contributed by atoms with Crippen molar-refractivity contribution in [1.29, 1.82) is 5.41 Å². The van der Waals surface area contributed by atoms with Gasteiger partial charge in [-0.2, -0.15) is 0 Å². The van der Waals surface area contributed by atoms with E-state index in [2.05, 4.69) is 0 Å². The van der Waals surface area contributed by atoms with Crippen LogP contribution in [0.25, 0.3) is 0 Å². The van der Waals surface area contributed by atoms with Crippen molar-refractivity contribution in [3.05, 3.63) is 60.1 Å². The van der Waals surface area contributed by atoms with E-state index in [1.165, 1.54) is 0 Å². The Balaban J connectivity index is 0.00000220. The molecular weight excluding hydrogens is 332 g/mol. The molecule has 4 nitrogen and oxygen atoms in total. The van der Waals surface area contributed by atoms with Crippen LogP contribution in [-0.4, -0.2) is 26.9 Å². The lowest BCUT2D eigenvalue weighted by atomic mass is 10.1. The van der Waals surface area contributed by atoms with E-state index in [1.54, 1.807) is 30.4 Å². The summed E-state index contributed by atoms with van der Waals surface area (Å²) in [7, 11) is 6.15. The normalized spacial score (nSPS) is 13.9. The fraction of sp³-hybridized carbons (Fsp3) is 0.188.